The first-order chi connectivity index (χ1) is 17.7. The summed E-state index contributed by atoms with van der Waals surface area (Å²) in [5, 5.41) is 26.7. The van der Waals surface area contributed by atoms with Gasteiger partial charge in [-0.2, -0.15) is 0 Å². The lowest BCUT2D eigenvalue weighted by molar-refractivity contribution is -0.645. The third kappa shape index (κ3) is 5.39. The van der Waals surface area contributed by atoms with Crippen molar-refractivity contribution in [3.8, 4) is 32.6 Å². The Hall–Kier alpha value is -3.78. The number of nitrogens with zero attached hydrogens (tertiary/aromatic N) is 5. The summed E-state index contributed by atoms with van der Waals surface area (Å²) in [6, 6.07) is 23.3. The second-order valence-corrected chi connectivity index (χ2v) is 9.74. The summed E-state index contributed by atoms with van der Waals surface area (Å²) in [5.41, 5.74) is 4.09. The summed E-state index contributed by atoms with van der Waals surface area (Å²) in [6.07, 6.45) is 7.53. The first-order valence-electron chi connectivity index (χ1n) is 12.5. The first kappa shape index (κ1) is 23.9. The van der Waals surface area contributed by atoms with Crippen LogP contribution in [-0.2, 0) is 0 Å². The van der Waals surface area contributed by atoms with Gasteiger partial charge in [-0.15, -0.1) is 15.0 Å². The highest BCUT2D eigenvalue weighted by Gasteiger charge is 2.16. The molecule has 0 saturated heterocycles. The van der Waals surface area contributed by atoms with E-state index < -0.39 is 0 Å². The van der Waals surface area contributed by atoms with Gasteiger partial charge in [0, 0.05) is 11.1 Å². The van der Waals surface area contributed by atoms with Crippen LogP contribution >= 0.6 is 11.3 Å². The van der Waals surface area contributed by atoms with E-state index in [1.807, 2.05) is 66.7 Å². The summed E-state index contributed by atoms with van der Waals surface area (Å²) in [6.45, 7) is 3.00. The molecule has 0 bridgehead atoms. The Morgan fingerprint density at radius 2 is 1.44 bits per heavy atom. The summed E-state index contributed by atoms with van der Waals surface area (Å²) >= 11 is 1.54. The number of ether oxygens (including phenoxy) is 1. The number of unbranched alkanes of at least 4 members (excludes halogenated alkanes) is 5. The van der Waals surface area contributed by atoms with Crippen molar-refractivity contribution in [3.63, 3.8) is 0 Å². The van der Waals surface area contributed by atoms with E-state index in [0.29, 0.717) is 10.4 Å². The molecule has 0 fully saturated rings. The standard InChI is InChI=1S/C28H29N5O2S/c1-2-3-4-5-6-9-20-35-24-18-14-22(15-19-24)28-30-29-27(36-28)21-12-16-23(17-13-21)32-25-10-7-8-11-26(25)33(34)31-32/h7-8,10-19H,2-6,9,20H2,1H3. The van der Waals surface area contributed by atoms with Crippen molar-refractivity contribution < 1.29 is 9.58 Å². The van der Waals surface area contributed by atoms with Gasteiger partial charge in [0.1, 0.15) is 21.0 Å². The van der Waals surface area contributed by atoms with Crippen LogP contribution in [0.15, 0.2) is 72.8 Å². The molecule has 2 aromatic heterocycles. The molecule has 0 aliphatic carbocycles. The van der Waals surface area contributed by atoms with Gasteiger partial charge < -0.3 is 9.94 Å². The molecule has 5 aromatic rings. The van der Waals surface area contributed by atoms with Crippen LogP contribution in [0.1, 0.15) is 45.4 Å². The van der Waals surface area contributed by atoms with Crippen LogP contribution in [0, 0.1) is 5.21 Å². The Morgan fingerprint density at radius 1 is 0.806 bits per heavy atom. The molecule has 2 heterocycles. The zero-order chi connectivity index (χ0) is 24.7. The molecular formula is C28H29N5O2S. The molecule has 0 radical (unpaired) electrons. The fraction of sp³-hybridized carbons (Fsp3) is 0.286. The van der Waals surface area contributed by atoms with E-state index in [9.17, 15) is 5.21 Å². The predicted octanol–water partition coefficient (Wildman–Crippen LogP) is 6.58. The van der Waals surface area contributed by atoms with Gasteiger partial charge in [0.15, 0.2) is 5.69 Å². The van der Waals surface area contributed by atoms with Crippen LogP contribution in [-0.4, -0.2) is 26.7 Å². The van der Waals surface area contributed by atoms with E-state index in [2.05, 4.69) is 22.3 Å². The molecule has 0 unspecified atom stereocenters. The van der Waals surface area contributed by atoms with Crippen molar-refractivity contribution >= 4 is 22.4 Å². The zero-order valence-electron chi connectivity index (χ0n) is 20.3. The van der Waals surface area contributed by atoms with Crippen molar-refractivity contribution in [1.82, 2.24) is 20.1 Å². The fourth-order valence-electron chi connectivity index (χ4n) is 4.14. The molecule has 0 aliphatic rings. The maximum atomic E-state index is 12.1. The van der Waals surface area contributed by atoms with Crippen molar-refractivity contribution in [2.45, 2.75) is 45.4 Å². The molecule has 0 saturated carbocycles. The Bertz CT molecular complexity index is 1410. The van der Waals surface area contributed by atoms with Crippen LogP contribution in [0.5, 0.6) is 5.75 Å². The normalized spacial score (nSPS) is 11.2. The maximum absolute atomic E-state index is 12.1. The average Bonchev–Trinajstić information content (AvgIpc) is 3.54. The molecule has 3 aromatic carbocycles. The lowest BCUT2D eigenvalue weighted by Crippen LogP contribution is -2.29. The van der Waals surface area contributed by atoms with Crippen LogP contribution in [0.4, 0.5) is 0 Å². The lowest BCUT2D eigenvalue weighted by atomic mass is 10.1. The summed E-state index contributed by atoms with van der Waals surface area (Å²) in [5.74, 6) is 0.887. The fourth-order valence-corrected chi connectivity index (χ4v) is 5.00. The number of hydrogen-bond acceptors (Lipinski definition) is 6. The number of fused-ring (bicyclic) bond motifs is 1. The molecule has 7 nitrogen and oxygen atoms in total. The van der Waals surface area contributed by atoms with Gasteiger partial charge in [-0.25, -0.2) is 0 Å². The number of aromatic nitrogens is 5. The summed E-state index contributed by atoms with van der Waals surface area (Å²) in [4.78, 5) is 0.644. The van der Waals surface area contributed by atoms with E-state index in [-0.39, 0.29) is 0 Å². The molecule has 0 aliphatic heterocycles. The van der Waals surface area contributed by atoms with Crippen molar-refractivity contribution in [2.75, 3.05) is 6.61 Å². The number of para-hydroxylation sites is 2. The molecule has 0 amide bonds. The Kier molecular flexibility index (Phi) is 7.52. The molecule has 5 rings (SSSR count). The second kappa shape index (κ2) is 11.3. The van der Waals surface area contributed by atoms with Crippen LogP contribution < -0.4 is 9.58 Å². The molecule has 184 valence electrons. The number of hydrogen-bond donors (Lipinski definition) is 0. The lowest BCUT2D eigenvalue weighted by Gasteiger charge is -2.06. The zero-order valence-corrected chi connectivity index (χ0v) is 21.2. The Morgan fingerprint density at radius 3 is 2.17 bits per heavy atom. The quantitative estimate of drug-likeness (QED) is 0.116. The van der Waals surface area contributed by atoms with E-state index in [4.69, 9.17) is 4.74 Å². The molecule has 36 heavy (non-hydrogen) atoms. The summed E-state index contributed by atoms with van der Waals surface area (Å²) in [7, 11) is 0. The van der Waals surface area contributed by atoms with E-state index in [0.717, 1.165) is 51.1 Å². The molecule has 0 atom stereocenters. The summed E-state index contributed by atoms with van der Waals surface area (Å²) < 4.78 is 7.54. The molecular weight excluding hydrogens is 470 g/mol. The SMILES string of the molecule is CCCCCCCCOc1ccc(-c2nnc(-c3ccc(-n4n[n+]([O-])c5ccccc54)cc3)s2)cc1. The highest BCUT2D eigenvalue weighted by atomic mass is 32.1. The van der Waals surface area contributed by atoms with Crippen LogP contribution in [0.2, 0.25) is 0 Å². The second-order valence-electron chi connectivity index (χ2n) is 8.76. The third-order valence-corrected chi connectivity index (χ3v) is 7.16. The number of benzene rings is 3. The molecule has 8 heteroatoms. The minimum atomic E-state index is 0.536. The van der Waals surface area contributed by atoms with Gasteiger partial charge >= 0.3 is 0 Å². The molecule has 0 N–H and O–H groups in total. The van der Waals surface area contributed by atoms with Crippen LogP contribution in [0.3, 0.4) is 0 Å². The van der Waals surface area contributed by atoms with Gasteiger partial charge in [0.05, 0.1) is 6.61 Å². The third-order valence-electron chi connectivity index (χ3n) is 6.14. The van der Waals surface area contributed by atoms with Gasteiger partial charge in [0.25, 0.3) is 0 Å². The first-order valence-corrected chi connectivity index (χ1v) is 13.3. The van der Waals surface area contributed by atoms with Gasteiger partial charge in [-0.1, -0.05) is 67.2 Å². The Labute approximate surface area is 214 Å². The molecule has 0 spiro atoms. The van der Waals surface area contributed by atoms with Gasteiger partial charge in [-0.3, -0.25) is 0 Å². The largest absolute Gasteiger partial charge is 0.691 e. The van der Waals surface area contributed by atoms with Gasteiger partial charge in [0.2, 0.25) is 11.0 Å². The monoisotopic (exact) mass is 499 g/mol. The van der Waals surface area contributed by atoms with E-state index in [1.54, 1.807) is 22.1 Å². The highest BCUT2D eigenvalue weighted by molar-refractivity contribution is 7.17. The van der Waals surface area contributed by atoms with Gasteiger partial charge in [-0.05, 0) is 67.1 Å². The predicted molar refractivity (Wildman–Crippen MR) is 143 cm³/mol. The van der Waals surface area contributed by atoms with E-state index >= 15 is 0 Å². The highest BCUT2D eigenvalue weighted by Crippen LogP contribution is 2.31. The maximum Gasteiger partial charge on any atom is 0.205 e. The topological polar surface area (TPSA) is 79.8 Å². The van der Waals surface area contributed by atoms with E-state index in [1.165, 1.54) is 32.1 Å². The van der Waals surface area contributed by atoms with Crippen molar-refractivity contribution in [2.24, 2.45) is 0 Å². The smallest absolute Gasteiger partial charge is 0.205 e. The number of rotatable bonds is 11. The minimum absolute atomic E-state index is 0.536. The van der Waals surface area contributed by atoms with Crippen molar-refractivity contribution in [3.05, 3.63) is 78.0 Å². The average molecular weight is 500 g/mol. The minimum Gasteiger partial charge on any atom is -0.691 e. The van der Waals surface area contributed by atoms with Crippen LogP contribution in [0.25, 0.3) is 37.9 Å². The Balaban J connectivity index is 1.21. The van der Waals surface area contributed by atoms with Crippen molar-refractivity contribution in [1.29, 1.82) is 0 Å².